The molecule has 0 atom stereocenters. The third-order valence-electron chi connectivity index (χ3n) is 3.11. The Morgan fingerprint density at radius 1 is 1.22 bits per heavy atom. The van der Waals surface area contributed by atoms with Crippen molar-refractivity contribution in [1.29, 1.82) is 0 Å². The van der Waals surface area contributed by atoms with E-state index < -0.39 is 0 Å². The lowest BCUT2D eigenvalue weighted by Crippen LogP contribution is -2.28. The molecule has 6 heteroatoms. The first-order valence-electron chi connectivity index (χ1n) is 7.08. The standard InChI is InChI=1S/C17H18N2O4/c1-12(20)14-4-3-5-15(8-14)23-11-16(21)18-9-13-6-7-17(22-2)19-10-13/h3-8,10H,9,11H2,1-2H3,(H,18,21). The van der Waals surface area contributed by atoms with Gasteiger partial charge in [-0.25, -0.2) is 4.98 Å². The highest BCUT2D eigenvalue weighted by atomic mass is 16.5. The third-order valence-corrected chi connectivity index (χ3v) is 3.11. The molecule has 0 aliphatic carbocycles. The highest BCUT2D eigenvalue weighted by Gasteiger charge is 2.05. The normalized spacial score (nSPS) is 10.0. The van der Waals surface area contributed by atoms with Gasteiger partial charge in [0.15, 0.2) is 12.4 Å². The van der Waals surface area contributed by atoms with E-state index in [1.807, 2.05) is 6.07 Å². The van der Waals surface area contributed by atoms with Gasteiger partial charge in [-0.1, -0.05) is 18.2 Å². The summed E-state index contributed by atoms with van der Waals surface area (Å²) in [6.45, 7) is 1.71. The smallest absolute Gasteiger partial charge is 0.258 e. The molecule has 2 aromatic rings. The first-order chi connectivity index (χ1) is 11.1. The van der Waals surface area contributed by atoms with E-state index in [2.05, 4.69) is 10.3 Å². The Bertz CT molecular complexity index is 683. The van der Waals surface area contributed by atoms with Crippen molar-refractivity contribution in [2.75, 3.05) is 13.7 Å². The van der Waals surface area contributed by atoms with Crippen molar-refractivity contribution < 1.29 is 19.1 Å². The molecule has 1 heterocycles. The Labute approximate surface area is 134 Å². The van der Waals surface area contributed by atoms with Crippen molar-refractivity contribution in [1.82, 2.24) is 10.3 Å². The van der Waals surface area contributed by atoms with Crippen LogP contribution in [0.4, 0.5) is 0 Å². The van der Waals surface area contributed by atoms with Crippen molar-refractivity contribution in [3.8, 4) is 11.6 Å². The van der Waals surface area contributed by atoms with Crippen LogP contribution in [0.15, 0.2) is 42.6 Å². The predicted octanol–water partition coefficient (Wildman–Crippen LogP) is 1.99. The fourth-order valence-electron chi connectivity index (χ4n) is 1.84. The Morgan fingerprint density at radius 3 is 2.70 bits per heavy atom. The number of hydrogen-bond donors (Lipinski definition) is 1. The van der Waals surface area contributed by atoms with E-state index in [4.69, 9.17) is 9.47 Å². The molecule has 0 saturated heterocycles. The Hall–Kier alpha value is -2.89. The van der Waals surface area contributed by atoms with Gasteiger partial charge in [-0.05, 0) is 24.6 Å². The molecule has 0 unspecified atom stereocenters. The zero-order valence-electron chi connectivity index (χ0n) is 13.0. The van der Waals surface area contributed by atoms with Gasteiger partial charge >= 0.3 is 0 Å². The third kappa shape index (κ3) is 5.10. The first kappa shape index (κ1) is 16.5. The van der Waals surface area contributed by atoms with Gasteiger partial charge < -0.3 is 14.8 Å². The summed E-state index contributed by atoms with van der Waals surface area (Å²) in [6, 6.07) is 10.3. The van der Waals surface area contributed by atoms with E-state index >= 15 is 0 Å². The number of nitrogens with zero attached hydrogens (tertiary/aromatic N) is 1. The summed E-state index contributed by atoms with van der Waals surface area (Å²) >= 11 is 0. The van der Waals surface area contributed by atoms with E-state index in [1.54, 1.807) is 43.6 Å². The Kier molecular flexibility index (Phi) is 5.68. The molecule has 0 saturated carbocycles. The number of ether oxygens (including phenoxy) is 2. The molecule has 0 bridgehead atoms. The van der Waals surface area contributed by atoms with Crippen LogP contribution in [0.25, 0.3) is 0 Å². The van der Waals surface area contributed by atoms with Gasteiger partial charge in [0.2, 0.25) is 5.88 Å². The monoisotopic (exact) mass is 314 g/mol. The van der Waals surface area contributed by atoms with Crippen molar-refractivity contribution >= 4 is 11.7 Å². The number of methoxy groups -OCH3 is 1. The van der Waals surface area contributed by atoms with Crippen molar-refractivity contribution in [2.45, 2.75) is 13.5 Å². The fourth-order valence-corrected chi connectivity index (χ4v) is 1.84. The van der Waals surface area contributed by atoms with Crippen molar-refractivity contribution in [3.63, 3.8) is 0 Å². The van der Waals surface area contributed by atoms with E-state index in [0.717, 1.165) is 5.56 Å². The minimum Gasteiger partial charge on any atom is -0.484 e. The molecule has 2 rings (SSSR count). The highest BCUT2D eigenvalue weighted by Crippen LogP contribution is 2.13. The highest BCUT2D eigenvalue weighted by molar-refractivity contribution is 5.94. The summed E-state index contributed by atoms with van der Waals surface area (Å²) in [5.74, 6) is 0.702. The molecule has 0 spiro atoms. The molecule has 1 N–H and O–H groups in total. The maximum absolute atomic E-state index is 11.8. The van der Waals surface area contributed by atoms with Crippen LogP contribution >= 0.6 is 0 Å². The summed E-state index contributed by atoms with van der Waals surface area (Å²) in [4.78, 5) is 27.1. The average Bonchev–Trinajstić information content (AvgIpc) is 2.58. The van der Waals surface area contributed by atoms with Gasteiger partial charge in [-0.2, -0.15) is 0 Å². The lowest BCUT2D eigenvalue weighted by molar-refractivity contribution is -0.123. The van der Waals surface area contributed by atoms with Crippen LogP contribution in [0.2, 0.25) is 0 Å². The second kappa shape index (κ2) is 7.93. The molecule has 0 radical (unpaired) electrons. The number of hydrogen-bond acceptors (Lipinski definition) is 5. The second-order valence-electron chi connectivity index (χ2n) is 4.86. The number of carbonyl (C=O) groups is 2. The molecular formula is C17H18N2O4. The summed E-state index contributed by atoms with van der Waals surface area (Å²) < 4.78 is 10.3. The number of amides is 1. The van der Waals surface area contributed by atoms with Gasteiger partial charge in [0.05, 0.1) is 7.11 Å². The van der Waals surface area contributed by atoms with Gasteiger partial charge in [-0.15, -0.1) is 0 Å². The number of Topliss-reactive ketones (excluding diaryl/α,β-unsaturated/α-hetero) is 1. The number of pyridine rings is 1. The Morgan fingerprint density at radius 2 is 2.04 bits per heavy atom. The molecule has 23 heavy (non-hydrogen) atoms. The number of rotatable bonds is 7. The zero-order valence-corrected chi connectivity index (χ0v) is 13.0. The van der Waals surface area contributed by atoms with Crippen molar-refractivity contribution in [2.24, 2.45) is 0 Å². The molecule has 0 aliphatic rings. The molecule has 0 fully saturated rings. The SMILES string of the molecule is COc1ccc(CNC(=O)COc2cccc(C(C)=O)c2)cn1. The number of aromatic nitrogens is 1. The van der Waals surface area contributed by atoms with Crippen molar-refractivity contribution in [3.05, 3.63) is 53.7 Å². The lowest BCUT2D eigenvalue weighted by Gasteiger charge is -2.08. The van der Waals surface area contributed by atoms with Gasteiger partial charge in [-0.3, -0.25) is 9.59 Å². The molecule has 120 valence electrons. The van der Waals surface area contributed by atoms with Gasteiger partial charge in [0.1, 0.15) is 5.75 Å². The minimum atomic E-state index is -0.256. The Balaban J connectivity index is 1.80. The zero-order chi connectivity index (χ0) is 16.7. The maximum Gasteiger partial charge on any atom is 0.258 e. The van der Waals surface area contributed by atoms with E-state index in [9.17, 15) is 9.59 Å². The summed E-state index contributed by atoms with van der Waals surface area (Å²) in [5, 5.41) is 2.73. The van der Waals surface area contributed by atoms with E-state index in [1.165, 1.54) is 6.92 Å². The van der Waals surface area contributed by atoms with Crippen LogP contribution in [0.5, 0.6) is 11.6 Å². The topological polar surface area (TPSA) is 77.5 Å². The largest absolute Gasteiger partial charge is 0.484 e. The molecule has 1 aromatic carbocycles. The van der Waals surface area contributed by atoms with Crippen LogP contribution in [0, 0.1) is 0 Å². The van der Waals surface area contributed by atoms with Crippen LogP contribution in [0.3, 0.4) is 0 Å². The molecule has 0 aliphatic heterocycles. The first-order valence-corrected chi connectivity index (χ1v) is 7.08. The van der Waals surface area contributed by atoms with Crippen LogP contribution < -0.4 is 14.8 Å². The van der Waals surface area contributed by atoms with Gasteiger partial charge in [0.25, 0.3) is 5.91 Å². The molecule has 1 aromatic heterocycles. The number of ketones is 1. The van der Waals surface area contributed by atoms with E-state index in [-0.39, 0.29) is 18.3 Å². The second-order valence-corrected chi connectivity index (χ2v) is 4.86. The summed E-state index contributed by atoms with van der Waals surface area (Å²) in [7, 11) is 1.54. The molecule has 1 amide bonds. The van der Waals surface area contributed by atoms with Gasteiger partial charge in [0, 0.05) is 24.4 Å². The van der Waals surface area contributed by atoms with E-state index in [0.29, 0.717) is 23.7 Å². The maximum atomic E-state index is 11.8. The lowest BCUT2D eigenvalue weighted by atomic mass is 10.1. The van der Waals surface area contributed by atoms with Crippen LogP contribution in [-0.4, -0.2) is 30.4 Å². The summed E-state index contributed by atoms with van der Waals surface area (Å²) in [5.41, 5.74) is 1.41. The average molecular weight is 314 g/mol. The number of carbonyl (C=O) groups excluding carboxylic acids is 2. The fraction of sp³-hybridized carbons (Fsp3) is 0.235. The molecular weight excluding hydrogens is 296 g/mol. The summed E-state index contributed by atoms with van der Waals surface area (Å²) in [6.07, 6.45) is 1.64. The van der Waals surface area contributed by atoms with Crippen LogP contribution in [-0.2, 0) is 11.3 Å². The number of nitrogens with one attached hydrogen (secondary N) is 1. The predicted molar refractivity (Wildman–Crippen MR) is 84.6 cm³/mol. The quantitative estimate of drug-likeness (QED) is 0.791. The molecule has 6 nitrogen and oxygen atoms in total. The number of benzene rings is 1. The minimum absolute atomic E-state index is 0.0492. The van der Waals surface area contributed by atoms with Crippen LogP contribution in [0.1, 0.15) is 22.8 Å².